The standard InChI is InChI=1S/C4H4F2N2OS/c1-2-7-8-4(9-2)10-3(5)6/h3H,1H3. The van der Waals surface area contributed by atoms with E-state index in [-0.39, 0.29) is 17.0 Å². The van der Waals surface area contributed by atoms with Crippen molar-refractivity contribution < 1.29 is 13.2 Å². The fourth-order valence-electron chi connectivity index (χ4n) is 0.402. The first-order valence-electron chi connectivity index (χ1n) is 2.43. The molecule has 0 atom stereocenters. The average molecular weight is 166 g/mol. The van der Waals surface area contributed by atoms with Crippen molar-refractivity contribution in [3.05, 3.63) is 5.89 Å². The molecule has 0 N–H and O–H groups in total. The minimum atomic E-state index is -2.50. The summed E-state index contributed by atoms with van der Waals surface area (Å²) in [6, 6.07) is 0. The Kier molecular flexibility index (Phi) is 2.21. The Bertz CT molecular complexity index is 215. The molecule has 0 radical (unpaired) electrons. The summed E-state index contributed by atoms with van der Waals surface area (Å²) >= 11 is 0.246. The zero-order chi connectivity index (χ0) is 7.56. The van der Waals surface area contributed by atoms with Gasteiger partial charge in [0.15, 0.2) is 0 Å². The van der Waals surface area contributed by atoms with Gasteiger partial charge in [0.1, 0.15) is 0 Å². The van der Waals surface area contributed by atoms with Gasteiger partial charge in [0.05, 0.1) is 0 Å². The van der Waals surface area contributed by atoms with E-state index in [1.807, 2.05) is 0 Å². The van der Waals surface area contributed by atoms with Gasteiger partial charge in [-0.1, -0.05) is 0 Å². The molecule has 10 heavy (non-hydrogen) atoms. The summed E-state index contributed by atoms with van der Waals surface area (Å²) in [6.07, 6.45) is 0. The smallest absolute Gasteiger partial charge is 0.293 e. The molecule has 3 nitrogen and oxygen atoms in total. The summed E-state index contributed by atoms with van der Waals surface area (Å²) in [5, 5.41) is 6.63. The predicted molar refractivity (Wildman–Crippen MR) is 30.9 cm³/mol. The van der Waals surface area contributed by atoms with Crippen LogP contribution in [-0.2, 0) is 0 Å². The molecule has 1 aromatic rings. The highest BCUT2D eigenvalue weighted by Gasteiger charge is 2.10. The summed E-state index contributed by atoms with van der Waals surface area (Å²) in [6.45, 7) is 1.54. The fraction of sp³-hybridized carbons (Fsp3) is 0.500. The number of aromatic nitrogens is 2. The van der Waals surface area contributed by atoms with E-state index >= 15 is 0 Å². The monoisotopic (exact) mass is 166 g/mol. The molecule has 0 aliphatic rings. The second kappa shape index (κ2) is 2.96. The van der Waals surface area contributed by atoms with Gasteiger partial charge in [0.2, 0.25) is 5.89 Å². The molecule has 1 rings (SSSR count). The van der Waals surface area contributed by atoms with Crippen LogP contribution in [-0.4, -0.2) is 16.0 Å². The predicted octanol–water partition coefficient (Wildman–Crippen LogP) is 1.69. The Morgan fingerprint density at radius 2 is 2.20 bits per heavy atom. The topological polar surface area (TPSA) is 38.9 Å². The molecule has 0 bridgehead atoms. The molecule has 0 unspecified atom stereocenters. The molecule has 0 fully saturated rings. The van der Waals surface area contributed by atoms with Crippen molar-refractivity contribution in [2.75, 3.05) is 0 Å². The Balaban J connectivity index is 2.58. The van der Waals surface area contributed by atoms with Gasteiger partial charge >= 0.3 is 0 Å². The second-order valence-corrected chi connectivity index (χ2v) is 2.41. The molecule has 56 valence electrons. The Morgan fingerprint density at radius 3 is 2.60 bits per heavy atom. The third-order valence-corrected chi connectivity index (χ3v) is 1.24. The van der Waals surface area contributed by atoms with E-state index in [9.17, 15) is 8.78 Å². The van der Waals surface area contributed by atoms with E-state index in [4.69, 9.17) is 0 Å². The molecule has 0 saturated heterocycles. The van der Waals surface area contributed by atoms with Gasteiger partial charge < -0.3 is 4.42 Å². The number of alkyl halides is 2. The van der Waals surface area contributed by atoms with E-state index in [0.717, 1.165) is 0 Å². The van der Waals surface area contributed by atoms with Crippen LogP contribution in [0.1, 0.15) is 5.89 Å². The lowest BCUT2D eigenvalue weighted by molar-refractivity contribution is 0.249. The number of hydrogen-bond donors (Lipinski definition) is 0. The zero-order valence-electron chi connectivity index (χ0n) is 5.04. The Hall–Kier alpha value is -0.650. The molecular formula is C4H4F2N2OS. The first kappa shape index (κ1) is 7.46. The maximum Gasteiger partial charge on any atom is 0.293 e. The largest absolute Gasteiger partial charge is 0.416 e. The van der Waals surface area contributed by atoms with Crippen molar-refractivity contribution in [3.63, 3.8) is 0 Å². The van der Waals surface area contributed by atoms with Gasteiger partial charge in [0.25, 0.3) is 11.0 Å². The van der Waals surface area contributed by atoms with Crippen molar-refractivity contribution in [1.82, 2.24) is 10.2 Å². The summed E-state index contributed by atoms with van der Waals surface area (Å²) in [4.78, 5) is 0. The molecule has 0 aromatic carbocycles. The van der Waals surface area contributed by atoms with Crippen LogP contribution in [0.25, 0.3) is 0 Å². The number of aryl methyl sites for hydroxylation is 1. The third-order valence-electron chi connectivity index (χ3n) is 0.697. The third kappa shape index (κ3) is 1.94. The highest BCUT2D eigenvalue weighted by atomic mass is 32.2. The van der Waals surface area contributed by atoms with Crippen LogP contribution in [0.15, 0.2) is 9.64 Å². The van der Waals surface area contributed by atoms with Gasteiger partial charge in [-0.25, -0.2) is 0 Å². The molecule has 0 amide bonds. The molecule has 1 aromatic heterocycles. The zero-order valence-corrected chi connectivity index (χ0v) is 5.86. The quantitative estimate of drug-likeness (QED) is 0.627. The highest BCUT2D eigenvalue weighted by Crippen LogP contribution is 2.22. The van der Waals surface area contributed by atoms with Gasteiger partial charge in [-0.15, -0.1) is 10.2 Å². The van der Waals surface area contributed by atoms with E-state index in [0.29, 0.717) is 5.89 Å². The van der Waals surface area contributed by atoms with Crippen LogP contribution in [0.5, 0.6) is 0 Å². The SMILES string of the molecule is Cc1nnc(SC(F)F)o1. The molecule has 0 saturated carbocycles. The number of halogens is 2. The fourth-order valence-corrected chi connectivity index (χ4v) is 0.811. The van der Waals surface area contributed by atoms with Crippen LogP contribution < -0.4 is 0 Å². The summed E-state index contributed by atoms with van der Waals surface area (Å²) in [5.41, 5.74) is 0. The van der Waals surface area contributed by atoms with Gasteiger partial charge in [-0.2, -0.15) is 8.78 Å². The van der Waals surface area contributed by atoms with Crippen LogP contribution in [0, 0.1) is 6.92 Å². The maximum absolute atomic E-state index is 11.6. The van der Waals surface area contributed by atoms with Crippen LogP contribution >= 0.6 is 11.8 Å². The average Bonchev–Trinajstić information content (AvgIpc) is 2.13. The molecule has 0 aliphatic carbocycles. The first-order valence-corrected chi connectivity index (χ1v) is 3.31. The first-order chi connectivity index (χ1) is 4.68. The maximum atomic E-state index is 11.6. The normalized spacial score (nSPS) is 10.8. The van der Waals surface area contributed by atoms with E-state index < -0.39 is 5.76 Å². The number of rotatable bonds is 2. The van der Waals surface area contributed by atoms with Gasteiger partial charge in [-0.05, 0) is 0 Å². The van der Waals surface area contributed by atoms with Crippen LogP contribution in [0.4, 0.5) is 8.78 Å². The lowest BCUT2D eigenvalue weighted by Crippen LogP contribution is -1.80. The summed E-state index contributed by atoms with van der Waals surface area (Å²) < 4.78 is 27.8. The Labute approximate surface area is 59.8 Å². The van der Waals surface area contributed by atoms with Gasteiger partial charge in [0, 0.05) is 18.7 Å². The summed E-state index contributed by atoms with van der Waals surface area (Å²) in [5.74, 6) is -2.21. The van der Waals surface area contributed by atoms with Crippen LogP contribution in [0.3, 0.4) is 0 Å². The van der Waals surface area contributed by atoms with E-state index in [1.54, 1.807) is 6.92 Å². The van der Waals surface area contributed by atoms with Gasteiger partial charge in [-0.3, -0.25) is 0 Å². The van der Waals surface area contributed by atoms with Crippen molar-refractivity contribution in [2.24, 2.45) is 0 Å². The number of hydrogen-bond acceptors (Lipinski definition) is 4. The van der Waals surface area contributed by atoms with Crippen molar-refractivity contribution in [3.8, 4) is 0 Å². The number of thioether (sulfide) groups is 1. The minimum absolute atomic E-state index is 0.0903. The van der Waals surface area contributed by atoms with Crippen molar-refractivity contribution in [1.29, 1.82) is 0 Å². The molecule has 1 heterocycles. The lowest BCUT2D eigenvalue weighted by atomic mass is 10.8. The highest BCUT2D eigenvalue weighted by molar-refractivity contribution is 7.99. The van der Waals surface area contributed by atoms with Crippen LogP contribution in [0.2, 0.25) is 0 Å². The minimum Gasteiger partial charge on any atom is -0.416 e. The summed E-state index contributed by atoms with van der Waals surface area (Å²) in [7, 11) is 0. The van der Waals surface area contributed by atoms with Crippen molar-refractivity contribution in [2.45, 2.75) is 17.9 Å². The molecule has 0 spiro atoms. The lowest BCUT2D eigenvalue weighted by Gasteiger charge is -1.88. The molecule has 0 aliphatic heterocycles. The Morgan fingerprint density at radius 1 is 1.50 bits per heavy atom. The second-order valence-electron chi connectivity index (χ2n) is 1.47. The molecular weight excluding hydrogens is 162 g/mol. The van der Waals surface area contributed by atoms with E-state index in [2.05, 4.69) is 14.6 Å². The van der Waals surface area contributed by atoms with Crippen molar-refractivity contribution >= 4 is 11.8 Å². The number of nitrogens with zero attached hydrogens (tertiary/aromatic N) is 2. The molecule has 6 heteroatoms. The van der Waals surface area contributed by atoms with E-state index in [1.165, 1.54) is 0 Å².